The van der Waals surface area contributed by atoms with Crippen LogP contribution in [0.2, 0.25) is 0 Å². The van der Waals surface area contributed by atoms with Crippen molar-refractivity contribution in [3.8, 4) is 16.8 Å². The van der Waals surface area contributed by atoms with Crippen molar-refractivity contribution in [3.63, 3.8) is 0 Å². The molecule has 0 amide bonds. The van der Waals surface area contributed by atoms with Gasteiger partial charge in [-0.05, 0) is 135 Å². The van der Waals surface area contributed by atoms with E-state index in [-0.39, 0.29) is 5.41 Å². The van der Waals surface area contributed by atoms with E-state index in [1.807, 2.05) is 0 Å². The van der Waals surface area contributed by atoms with Crippen molar-refractivity contribution in [2.24, 2.45) is 0 Å². The van der Waals surface area contributed by atoms with Crippen LogP contribution in [0, 0.1) is 0 Å². The first-order valence-electron chi connectivity index (χ1n) is 21.5. The van der Waals surface area contributed by atoms with Gasteiger partial charge in [-0.1, -0.05) is 147 Å². The molecular formula is C59H43N3. The SMILES string of the molecule is CC1(C)c2cc(N(c3ccccc3)c3cc(N(c4ccccc4)c4ccccc4)cc4c3c3c5ccccc5ccc3n4-c3ccccc3)ccc2-c2cc3ccccc3cc21. The normalized spacial score (nSPS) is 12.8. The van der Waals surface area contributed by atoms with E-state index in [1.54, 1.807) is 0 Å². The number of para-hydroxylation sites is 4. The van der Waals surface area contributed by atoms with Crippen molar-refractivity contribution in [1.29, 1.82) is 0 Å². The molecule has 0 saturated heterocycles. The van der Waals surface area contributed by atoms with Crippen LogP contribution in [0.3, 0.4) is 0 Å². The highest BCUT2D eigenvalue weighted by Crippen LogP contribution is 2.54. The largest absolute Gasteiger partial charge is 0.310 e. The molecule has 0 saturated carbocycles. The highest BCUT2D eigenvalue weighted by Gasteiger charge is 2.37. The number of hydrogen-bond acceptors (Lipinski definition) is 2. The third-order valence-electron chi connectivity index (χ3n) is 13.1. The Balaban J connectivity index is 1.21. The van der Waals surface area contributed by atoms with E-state index in [0.29, 0.717) is 0 Å². The lowest BCUT2D eigenvalue weighted by Crippen LogP contribution is -2.17. The van der Waals surface area contributed by atoms with E-state index >= 15 is 0 Å². The smallest absolute Gasteiger partial charge is 0.0583 e. The molecule has 1 aliphatic rings. The minimum atomic E-state index is -0.207. The summed E-state index contributed by atoms with van der Waals surface area (Å²) in [4.78, 5) is 4.90. The van der Waals surface area contributed by atoms with Gasteiger partial charge in [0, 0.05) is 44.6 Å². The minimum absolute atomic E-state index is 0.207. The summed E-state index contributed by atoms with van der Waals surface area (Å²) in [6.07, 6.45) is 0. The van der Waals surface area contributed by atoms with E-state index in [2.05, 4.69) is 253 Å². The molecule has 0 N–H and O–H groups in total. The lowest BCUT2D eigenvalue weighted by Gasteiger charge is -2.31. The predicted molar refractivity (Wildman–Crippen MR) is 263 cm³/mol. The Morgan fingerprint density at radius 2 is 0.903 bits per heavy atom. The molecule has 294 valence electrons. The second kappa shape index (κ2) is 14.1. The van der Waals surface area contributed by atoms with Crippen molar-refractivity contribution < 1.29 is 0 Å². The fraction of sp³-hybridized carbons (Fsp3) is 0.0508. The summed E-state index contributed by atoms with van der Waals surface area (Å²) in [7, 11) is 0. The van der Waals surface area contributed by atoms with Crippen LogP contribution in [0.1, 0.15) is 25.0 Å². The lowest BCUT2D eigenvalue weighted by molar-refractivity contribution is 0.661. The van der Waals surface area contributed by atoms with Gasteiger partial charge < -0.3 is 14.4 Å². The molecule has 3 nitrogen and oxygen atoms in total. The lowest BCUT2D eigenvalue weighted by atomic mass is 9.81. The first-order valence-corrected chi connectivity index (χ1v) is 21.5. The van der Waals surface area contributed by atoms with Crippen molar-refractivity contribution >= 4 is 77.5 Å². The van der Waals surface area contributed by atoms with Crippen molar-refractivity contribution in [1.82, 2.24) is 4.57 Å². The second-order valence-electron chi connectivity index (χ2n) is 17.0. The van der Waals surface area contributed by atoms with Crippen LogP contribution in [0.25, 0.3) is 60.2 Å². The Bertz CT molecular complexity index is 3440. The van der Waals surface area contributed by atoms with E-state index in [4.69, 9.17) is 0 Å². The average Bonchev–Trinajstić information content (AvgIpc) is 3.78. The van der Waals surface area contributed by atoms with Gasteiger partial charge in [-0.3, -0.25) is 0 Å². The van der Waals surface area contributed by atoms with Crippen LogP contribution in [0.15, 0.2) is 224 Å². The molecule has 11 aromatic rings. The van der Waals surface area contributed by atoms with Gasteiger partial charge in [0.1, 0.15) is 0 Å². The molecule has 1 aromatic heterocycles. The summed E-state index contributed by atoms with van der Waals surface area (Å²) in [6, 6.07) is 82.2. The van der Waals surface area contributed by atoms with Crippen LogP contribution in [0.5, 0.6) is 0 Å². The van der Waals surface area contributed by atoms with E-state index in [1.165, 1.54) is 60.1 Å². The number of aromatic nitrogens is 1. The van der Waals surface area contributed by atoms with Gasteiger partial charge in [-0.15, -0.1) is 0 Å². The van der Waals surface area contributed by atoms with Gasteiger partial charge in [0.15, 0.2) is 0 Å². The fourth-order valence-electron chi connectivity index (χ4n) is 10.2. The van der Waals surface area contributed by atoms with Gasteiger partial charge >= 0.3 is 0 Å². The number of fused-ring (bicyclic) bond motifs is 9. The molecule has 0 fully saturated rings. The third kappa shape index (κ3) is 5.59. The van der Waals surface area contributed by atoms with Gasteiger partial charge in [-0.25, -0.2) is 0 Å². The molecule has 10 aromatic carbocycles. The molecule has 62 heavy (non-hydrogen) atoms. The van der Waals surface area contributed by atoms with E-state index in [9.17, 15) is 0 Å². The number of anilines is 6. The quantitative estimate of drug-likeness (QED) is 0.159. The first kappa shape index (κ1) is 36.0. The molecule has 0 unspecified atom stereocenters. The summed E-state index contributed by atoms with van der Waals surface area (Å²) >= 11 is 0. The molecule has 0 radical (unpaired) electrons. The Hall–Kier alpha value is -7.88. The molecule has 0 aliphatic heterocycles. The van der Waals surface area contributed by atoms with Gasteiger partial charge in [0.2, 0.25) is 0 Å². The van der Waals surface area contributed by atoms with Gasteiger partial charge in [0.05, 0.1) is 22.4 Å². The topological polar surface area (TPSA) is 11.4 Å². The van der Waals surface area contributed by atoms with Crippen LogP contribution in [-0.2, 0) is 5.41 Å². The number of rotatable bonds is 7. The first-order chi connectivity index (χ1) is 30.5. The van der Waals surface area contributed by atoms with E-state index < -0.39 is 0 Å². The molecule has 0 bridgehead atoms. The Kier molecular flexibility index (Phi) is 8.20. The second-order valence-corrected chi connectivity index (χ2v) is 17.0. The maximum Gasteiger partial charge on any atom is 0.0583 e. The molecular weight excluding hydrogens is 751 g/mol. The summed E-state index contributed by atoms with van der Waals surface area (Å²) in [5.74, 6) is 0. The number of nitrogens with zero attached hydrogens (tertiary/aromatic N) is 3. The maximum atomic E-state index is 2.51. The van der Waals surface area contributed by atoms with E-state index in [0.717, 1.165) is 45.3 Å². The summed E-state index contributed by atoms with van der Waals surface area (Å²) in [5, 5.41) is 7.42. The van der Waals surface area contributed by atoms with Crippen LogP contribution in [-0.4, -0.2) is 4.57 Å². The third-order valence-corrected chi connectivity index (χ3v) is 13.1. The number of benzene rings is 10. The zero-order chi connectivity index (χ0) is 41.4. The van der Waals surface area contributed by atoms with Gasteiger partial charge in [-0.2, -0.15) is 0 Å². The molecule has 0 atom stereocenters. The van der Waals surface area contributed by atoms with Gasteiger partial charge in [0.25, 0.3) is 0 Å². The molecule has 1 aliphatic carbocycles. The zero-order valence-electron chi connectivity index (χ0n) is 34.7. The highest BCUT2D eigenvalue weighted by molar-refractivity contribution is 6.26. The minimum Gasteiger partial charge on any atom is -0.310 e. The standard InChI is InChI=1S/C59H43N3/c1-59(2)52-36-42-21-16-15-20-41(42)35-51(52)50-33-32-47(37-53(50)59)61(45-26-11-5-12-27-45)55-38-48(60(43-22-7-3-8-23-43)44-24-9-4-10-25-44)39-56-58(55)57-49-30-18-17-19-40(49)31-34-54(57)62(56)46-28-13-6-14-29-46/h3-39H,1-2H3. The molecule has 1 heterocycles. The fourth-order valence-corrected chi connectivity index (χ4v) is 10.2. The summed E-state index contributed by atoms with van der Waals surface area (Å²) in [5.41, 5.74) is 15.1. The van der Waals surface area contributed by atoms with Crippen LogP contribution < -0.4 is 9.80 Å². The zero-order valence-corrected chi connectivity index (χ0v) is 34.7. The Labute approximate surface area is 362 Å². The Morgan fingerprint density at radius 3 is 1.56 bits per heavy atom. The highest BCUT2D eigenvalue weighted by atomic mass is 15.2. The number of hydrogen-bond donors (Lipinski definition) is 0. The van der Waals surface area contributed by atoms with Crippen molar-refractivity contribution in [2.75, 3.05) is 9.80 Å². The van der Waals surface area contributed by atoms with Crippen LogP contribution in [0.4, 0.5) is 34.1 Å². The summed E-state index contributed by atoms with van der Waals surface area (Å²) < 4.78 is 2.47. The Morgan fingerprint density at radius 1 is 0.355 bits per heavy atom. The van der Waals surface area contributed by atoms with Crippen LogP contribution >= 0.6 is 0 Å². The summed E-state index contributed by atoms with van der Waals surface area (Å²) in [6.45, 7) is 4.78. The average molecular weight is 794 g/mol. The molecule has 12 rings (SSSR count). The maximum absolute atomic E-state index is 2.51. The van der Waals surface area contributed by atoms with Crippen molar-refractivity contribution in [3.05, 3.63) is 236 Å². The predicted octanol–water partition coefficient (Wildman–Crippen LogP) is 16.3. The van der Waals surface area contributed by atoms with Crippen molar-refractivity contribution in [2.45, 2.75) is 19.3 Å². The molecule has 3 heteroatoms. The monoisotopic (exact) mass is 793 g/mol. The molecule has 0 spiro atoms.